The molecule has 132 valence electrons. The van der Waals surface area contributed by atoms with Crippen molar-refractivity contribution in [2.75, 3.05) is 7.11 Å². The van der Waals surface area contributed by atoms with Crippen molar-refractivity contribution in [1.29, 1.82) is 0 Å². The Balaban J connectivity index is 2.18. The molecule has 0 heterocycles. The van der Waals surface area contributed by atoms with Gasteiger partial charge in [0.15, 0.2) is 0 Å². The van der Waals surface area contributed by atoms with E-state index in [4.69, 9.17) is 4.74 Å². The number of rotatable bonds is 13. The lowest BCUT2D eigenvalue weighted by Crippen LogP contribution is -2.24. The summed E-state index contributed by atoms with van der Waals surface area (Å²) in [6.45, 7) is 4.39. The lowest BCUT2D eigenvalue weighted by Gasteiger charge is -2.29. The second kappa shape index (κ2) is 11.6. The van der Waals surface area contributed by atoms with Gasteiger partial charge >= 0.3 is 0 Å². The van der Waals surface area contributed by atoms with Gasteiger partial charge in [0.05, 0.1) is 11.7 Å². The van der Waals surface area contributed by atoms with E-state index in [0.717, 1.165) is 38.5 Å². The molecule has 0 radical (unpaired) electrons. The van der Waals surface area contributed by atoms with Crippen LogP contribution in [0.15, 0.2) is 30.3 Å². The third kappa shape index (κ3) is 7.99. The van der Waals surface area contributed by atoms with Gasteiger partial charge in [-0.3, -0.25) is 0 Å². The van der Waals surface area contributed by atoms with Crippen molar-refractivity contribution in [1.82, 2.24) is 0 Å². The molecule has 1 rings (SSSR count). The van der Waals surface area contributed by atoms with Crippen molar-refractivity contribution < 1.29 is 9.84 Å². The highest BCUT2D eigenvalue weighted by atomic mass is 16.5. The summed E-state index contributed by atoms with van der Waals surface area (Å²) < 4.78 is 5.78. The van der Waals surface area contributed by atoms with Crippen LogP contribution in [0.5, 0.6) is 0 Å². The van der Waals surface area contributed by atoms with Crippen LogP contribution in [0.3, 0.4) is 0 Å². The van der Waals surface area contributed by atoms with E-state index >= 15 is 0 Å². The van der Waals surface area contributed by atoms with Gasteiger partial charge in [0.1, 0.15) is 0 Å². The van der Waals surface area contributed by atoms with E-state index in [9.17, 15) is 5.11 Å². The maximum absolute atomic E-state index is 10.0. The van der Waals surface area contributed by atoms with Gasteiger partial charge in [0.25, 0.3) is 0 Å². The van der Waals surface area contributed by atoms with Gasteiger partial charge in [-0.1, -0.05) is 82.2 Å². The number of benzene rings is 1. The standard InChI is InChI=1S/C21H36O2/c1-4-5-6-11-16-20(22)17-12-8-13-18-21(2,23-3)19-14-9-7-10-15-19/h7,9-10,14-15,20,22H,4-6,8,11-13,16-18H2,1-3H3. The molecule has 1 N–H and O–H groups in total. The number of unbranched alkanes of at least 4 members (excludes halogenated alkanes) is 5. The molecule has 23 heavy (non-hydrogen) atoms. The Morgan fingerprint density at radius 2 is 1.57 bits per heavy atom. The highest BCUT2D eigenvalue weighted by Gasteiger charge is 2.25. The van der Waals surface area contributed by atoms with Crippen LogP contribution in [0, 0.1) is 0 Å². The minimum absolute atomic E-state index is 0.102. The first-order chi connectivity index (χ1) is 11.1. The van der Waals surface area contributed by atoms with E-state index in [1.807, 2.05) is 6.07 Å². The van der Waals surface area contributed by atoms with Gasteiger partial charge in [-0.15, -0.1) is 0 Å². The van der Waals surface area contributed by atoms with Gasteiger partial charge in [0.2, 0.25) is 0 Å². The van der Waals surface area contributed by atoms with E-state index in [2.05, 4.69) is 38.1 Å². The Morgan fingerprint density at radius 1 is 0.957 bits per heavy atom. The van der Waals surface area contributed by atoms with Crippen molar-refractivity contribution >= 4 is 0 Å². The normalized spacial score (nSPS) is 15.3. The molecular formula is C21H36O2. The van der Waals surface area contributed by atoms with Crippen LogP contribution in [0.25, 0.3) is 0 Å². The molecule has 1 aromatic carbocycles. The Morgan fingerprint density at radius 3 is 2.13 bits per heavy atom. The largest absolute Gasteiger partial charge is 0.393 e. The average Bonchev–Trinajstić information content (AvgIpc) is 2.59. The van der Waals surface area contributed by atoms with E-state index in [1.165, 1.54) is 31.2 Å². The summed E-state index contributed by atoms with van der Waals surface area (Å²) in [4.78, 5) is 0. The fraction of sp³-hybridized carbons (Fsp3) is 0.714. The maximum atomic E-state index is 10.0. The van der Waals surface area contributed by atoms with Crippen LogP contribution in [-0.4, -0.2) is 18.3 Å². The van der Waals surface area contributed by atoms with Crippen LogP contribution in [0.1, 0.15) is 83.6 Å². The molecule has 0 saturated heterocycles. The minimum Gasteiger partial charge on any atom is -0.393 e. The molecule has 2 atom stereocenters. The molecule has 2 nitrogen and oxygen atoms in total. The quantitative estimate of drug-likeness (QED) is 0.463. The number of hydrogen-bond donors (Lipinski definition) is 1. The predicted molar refractivity (Wildman–Crippen MR) is 98.7 cm³/mol. The highest BCUT2D eigenvalue weighted by molar-refractivity contribution is 5.21. The molecule has 0 aromatic heterocycles. The van der Waals surface area contributed by atoms with Gasteiger partial charge in [-0.05, 0) is 31.7 Å². The molecule has 0 fully saturated rings. The average molecular weight is 321 g/mol. The maximum Gasteiger partial charge on any atom is 0.0899 e. The Labute approximate surface area is 143 Å². The van der Waals surface area contributed by atoms with Crippen molar-refractivity contribution in [3.63, 3.8) is 0 Å². The summed E-state index contributed by atoms with van der Waals surface area (Å²) >= 11 is 0. The van der Waals surface area contributed by atoms with Crippen molar-refractivity contribution in [2.24, 2.45) is 0 Å². The Kier molecular flexibility index (Phi) is 10.2. The van der Waals surface area contributed by atoms with Crippen LogP contribution in [0.4, 0.5) is 0 Å². The molecule has 0 aliphatic carbocycles. The van der Waals surface area contributed by atoms with E-state index in [-0.39, 0.29) is 11.7 Å². The number of aliphatic hydroxyl groups is 1. The Bertz CT molecular complexity index is 390. The third-order valence-corrected chi connectivity index (χ3v) is 4.92. The molecule has 0 saturated carbocycles. The third-order valence-electron chi connectivity index (χ3n) is 4.92. The zero-order valence-corrected chi connectivity index (χ0v) is 15.4. The van der Waals surface area contributed by atoms with Gasteiger partial charge in [0, 0.05) is 7.11 Å². The van der Waals surface area contributed by atoms with Crippen LogP contribution >= 0.6 is 0 Å². The summed E-state index contributed by atoms with van der Waals surface area (Å²) in [5.41, 5.74) is 1.05. The molecule has 2 unspecified atom stereocenters. The molecule has 0 spiro atoms. The van der Waals surface area contributed by atoms with Crippen LogP contribution < -0.4 is 0 Å². The highest BCUT2D eigenvalue weighted by Crippen LogP contribution is 2.30. The Hall–Kier alpha value is -0.860. The molecule has 0 aliphatic heterocycles. The zero-order chi connectivity index (χ0) is 17.0. The van der Waals surface area contributed by atoms with Crippen LogP contribution in [0.2, 0.25) is 0 Å². The smallest absolute Gasteiger partial charge is 0.0899 e. The van der Waals surface area contributed by atoms with E-state index < -0.39 is 0 Å². The second-order valence-electron chi connectivity index (χ2n) is 6.90. The topological polar surface area (TPSA) is 29.5 Å². The number of aliphatic hydroxyl groups excluding tert-OH is 1. The molecule has 1 aromatic rings. The SMILES string of the molecule is CCCCCCC(O)CCCCCC(C)(OC)c1ccccc1. The first kappa shape index (κ1) is 20.2. The first-order valence-corrected chi connectivity index (χ1v) is 9.41. The fourth-order valence-electron chi connectivity index (χ4n) is 3.13. The molecule has 2 heteroatoms. The number of methoxy groups -OCH3 is 1. The van der Waals surface area contributed by atoms with Gasteiger partial charge < -0.3 is 9.84 Å². The summed E-state index contributed by atoms with van der Waals surface area (Å²) in [7, 11) is 1.80. The number of ether oxygens (including phenoxy) is 1. The molecular weight excluding hydrogens is 284 g/mol. The van der Waals surface area contributed by atoms with E-state index in [1.54, 1.807) is 7.11 Å². The molecule has 0 aliphatic rings. The lowest BCUT2D eigenvalue weighted by molar-refractivity contribution is -0.00776. The van der Waals surface area contributed by atoms with Crippen molar-refractivity contribution in [3.8, 4) is 0 Å². The molecule has 0 bridgehead atoms. The monoisotopic (exact) mass is 320 g/mol. The van der Waals surface area contributed by atoms with Gasteiger partial charge in [-0.2, -0.15) is 0 Å². The summed E-state index contributed by atoms with van der Waals surface area (Å²) in [6, 6.07) is 10.5. The molecule has 0 amide bonds. The van der Waals surface area contributed by atoms with E-state index in [0.29, 0.717) is 0 Å². The summed E-state index contributed by atoms with van der Waals surface area (Å²) in [5, 5.41) is 10.0. The second-order valence-corrected chi connectivity index (χ2v) is 6.90. The fourth-order valence-corrected chi connectivity index (χ4v) is 3.13. The summed E-state index contributed by atoms with van der Waals surface area (Å²) in [6.07, 6.45) is 11.2. The van der Waals surface area contributed by atoms with Crippen molar-refractivity contribution in [3.05, 3.63) is 35.9 Å². The first-order valence-electron chi connectivity index (χ1n) is 9.41. The predicted octanol–water partition coefficient (Wildman–Crippen LogP) is 5.83. The zero-order valence-electron chi connectivity index (χ0n) is 15.4. The van der Waals surface area contributed by atoms with Gasteiger partial charge in [-0.25, -0.2) is 0 Å². The summed E-state index contributed by atoms with van der Waals surface area (Å²) in [5.74, 6) is 0. The minimum atomic E-state index is -0.194. The number of hydrogen-bond acceptors (Lipinski definition) is 2. The van der Waals surface area contributed by atoms with Crippen LogP contribution in [-0.2, 0) is 10.3 Å². The lowest BCUT2D eigenvalue weighted by atomic mass is 9.89. The van der Waals surface area contributed by atoms with Crippen molar-refractivity contribution in [2.45, 2.75) is 89.8 Å².